The van der Waals surface area contributed by atoms with Crippen molar-refractivity contribution in [1.29, 1.82) is 0 Å². The van der Waals surface area contributed by atoms with Gasteiger partial charge in [-0.05, 0) is 49.2 Å². The molecule has 6 nitrogen and oxygen atoms in total. The molecule has 4 rings (SSSR count). The first kappa shape index (κ1) is 19.6. The van der Waals surface area contributed by atoms with Crippen LogP contribution < -0.4 is 10.9 Å². The third kappa shape index (κ3) is 3.61. The van der Waals surface area contributed by atoms with E-state index in [9.17, 15) is 14.0 Å². The van der Waals surface area contributed by atoms with Gasteiger partial charge in [-0.15, -0.1) is 0 Å². The normalized spacial score (nSPS) is 11.0. The summed E-state index contributed by atoms with van der Waals surface area (Å²) in [5.41, 5.74) is 3.79. The Morgan fingerprint density at radius 1 is 1.07 bits per heavy atom. The molecule has 2 aromatic carbocycles. The van der Waals surface area contributed by atoms with Crippen molar-refractivity contribution in [2.75, 3.05) is 0 Å². The molecule has 0 saturated carbocycles. The van der Waals surface area contributed by atoms with E-state index >= 15 is 0 Å². The highest BCUT2D eigenvalue weighted by molar-refractivity contribution is 5.83. The number of fused-ring (bicyclic) bond motifs is 1. The number of amides is 1. The molecule has 152 valence electrons. The molecule has 0 atom stereocenters. The molecule has 0 bridgehead atoms. The Morgan fingerprint density at radius 3 is 2.47 bits per heavy atom. The average Bonchev–Trinajstić information content (AvgIpc) is 3.01. The molecule has 0 saturated heterocycles. The molecular weight excluding hydrogens is 383 g/mol. The highest BCUT2D eigenvalue weighted by Crippen LogP contribution is 2.24. The Morgan fingerprint density at radius 2 is 1.77 bits per heavy atom. The van der Waals surface area contributed by atoms with E-state index in [4.69, 9.17) is 0 Å². The molecule has 30 heavy (non-hydrogen) atoms. The number of carbonyl (C=O) groups excluding carboxylic acids is 1. The van der Waals surface area contributed by atoms with Gasteiger partial charge in [0.15, 0.2) is 5.65 Å². The van der Waals surface area contributed by atoms with Gasteiger partial charge in [0.25, 0.3) is 5.56 Å². The third-order valence-electron chi connectivity index (χ3n) is 5.21. The van der Waals surface area contributed by atoms with Crippen LogP contribution in [0.25, 0.3) is 16.7 Å². The summed E-state index contributed by atoms with van der Waals surface area (Å²) in [6, 6.07) is 15.6. The van der Waals surface area contributed by atoms with Crippen LogP contribution >= 0.6 is 0 Å². The highest BCUT2D eigenvalue weighted by Gasteiger charge is 2.18. The van der Waals surface area contributed by atoms with Gasteiger partial charge in [-0.1, -0.05) is 30.3 Å². The van der Waals surface area contributed by atoms with Gasteiger partial charge in [0.2, 0.25) is 5.91 Å². The Balaban J connectivity index is 1.61. The molecule has 0 aliphatic heterocycles. The predicted molar refractivity (Wildman–Crippen MR) is 113 cm³/mol. The number of nitrogens with zero attached hydrogens (tertiary/aromatic N) is 3. The summed E-state index contributed by atoms with van der Waals surface area (Å²) in [7, 11) is 0. The molecular formula is C23H21FN4O2. The van der Waals surface area contributed by atoms with E-state index in [1.165, 1.54) is 23.0 Å². The lowest BCUT2D eigenvalue weighted by atomic mass is 10.2. The summed E-state index contributed by atoms with van der Waals surface area (Å²) < 4.78 is 16.2. The number of benzene rings is 2. The van der Waals surface area contributed by atoms with E-state index in [0.29, 0.717) is 11.0 Å². The zero-order valence-electron chi connectivity index (χ0n) is 16.7. The maximum absolute atomic E-state index is 13.1. The monoisotopic (exact) mass is 404 g/mol. The Labute approximate surface area is 172 Å². The minimum Gasteiger partial charge on any atom is -0.350 e. The van der Waals surface area contributed by atoms with Crippen LogP contribution in [-0.2, 0) is 17.9 Å². The Hall–Kier alpha value is -3.74. The SMILES string of the molecule is Cc1c(C)n(-c2ccccc2)c2ncn(CC(=O)NCc3ccc(F)cc3)c(=O)c12. The Bertz CT molecular complexity index is 1270. The van der Waals surface area contributed by atoms with Gasteiger partial charge in [-0.25, -0.2) is 9.37 Å². The van der Waals surface area contributed by atoms with E-state index in [2.05, 4.69) is 10.3 Å². The second-order valence-electron chi connectivity index (χ2n) is 7.16. The molecule has 2 heterocycles. The van der Waals surface area contributed by atoms with Gasteiger partial charge in [-0.2, -0.15) is 0 Å². The molecule has 4 aromatic rings. The van der Waals surface area contributed by atoms with Gasteiger partial charge in [0, 0.05) is 17.9 Å². The van der Waals surface area contributed by atoms with Gasteiger partial charge in [-0.3, -0.25) is 18.7 Å². The number of carbonyl (C=O) groups is 1. The zero-order chi connectivity index (χ0) is 21.3. The molecule has 0 radical (unpaired) electrons. The molecule has 1 N–H and O–H groups in total. The van der Waals surface area contributed by atoms with Gasteiger partial charge in [0.05, 0.1) is 5.39 Å². The molecule has 1 amide bonds. The molecule has 0 fully saturated rings. The second kappa shape index (κ2) is 7.94. The summed E-state index contributed by atoms with van der Waals surface area (Å²) in [5, 5.41) is 3.25. The van der Waals surface area contributed by atoms with Crippen LogP contribution in [-0.4, -0.2) is 20.0 Å². The van der Waals surface area contributed by atoms with Crippen LogP contribution in [0.5, 0.6) is 0 Å². The fraction of sp³-hybridized carbons (Fsp3) is 0.174. The van der Waals surface area contributed by atoms with E-state index in [-0.39, 0.29) is 30.4 Å². The number of para-hydroxylation sites is 1. The van der Waals surface area contributed by atoms with Crippen molar-refractivity contribution >= 4 is 16.9 Å². The fourth-order valence-corrected chi connectivity index (χ4v) is 3.50. The van der Waals surface area contributed by atoms with Gasteiger partial charge >= 0.3 is 0 Å². The molecule has 0 spiro atoms. The fourth-order valence-electron chi connectivity index (χ4n) is 3.50. The molecule has 0 aliphatic rings. The zero-order valence-corrected chi connectivity index (χ0v) is 16.7. The second-order valence-corrected chi connectivity index (χ2v) is 7.16. The minimum atomic E-state index is -0.330. The van der Waals surface area contributed by atoms with Crippen molar-refractivity contribution in [3.8, 4) is 5.69 Å². The number of aromatic nitrogens is 3. The van der Waals surface area contributed by atoms with Crippen molar-refractivity contribution in [2.24, 2.45) is 0 Å². The van der Waals surface area contributed by atoms with Gasteiger partial charge < -0.3 is 5.32 Å². The molecule has 7 heteroatoms. The third-order valence-corrected chi connectivity index (χ3v) is 5.21. The quantitative estimate of drug-likeness (QED) is 0.555. The van der Waals surface area contributed by atoms with E-state index in [1.807, 2.05) is 48.7 Å². The standard InChI is InChI=1S/C23H21FN4O2/c1-15-16(2)28(19-6-4-3-5-7-19)22-21(15)23(30)27(14-26-22)13-20(29)25-12-17-8-10-18(24)11-9-17/h3-11,14H,12-13H2,1-2H3,(H,25,29). The number of hydrogen-bond donors (Lipinski definition) is 1. The van der Waals surface area contributed by atoms with E-state index in [1.54, 1.807) is 12.1 Å². The van der Waals surface area contributed by atoms with E-state index in [0.717, 1.165) is 22.5 Å². The average molecular weight is 404 g/mol. The number of nitrogens with one attached hydrogen (secondary N) is 1. The summed E-state index contributed by atoms with van der Waals surface area (Å²) in [6.45, 7) is 3.95. The van der Waals surface area contributed by atoms with Crippen LogP contribution in [0.4, 0.5) is 4.39 Å². The number of halogens is 1. The van der Waals surface area contributed by atoms with E-state index < -0.39 is 0 Å². The molecule has 0 aliphatic carbocycles. The smallest absolute Gasteiger partial charge is 0.263 e. The van der Waals surface area contributed by atoms with Gasteiger partial charge in [0.1, 0.15) is 18.7 Å². The van der Waals surface area contributed by atoms with Crippen LogP contribution in [0, 0.1) is 19.7 Å². The minimum absolute atomic E-state index is 0.141. The number of rotatable bonds is 5. The lowest BCUT2D eigenvalue weighted by Crippen LogP contribution is -2.32. The summed E-state index contributed by atoms with van der Waals surface area (Å²) in [6.07, 6.45) is 1.40. The highest BCUT2D eigenvalue weighted by atomic mass is 19.1. The van der Waals surface area contributed by atoms with Crippen molar-refractivity contribution in [3.05, 3.63) is 93.9 Å². The first-order valence-electron chi connectivity index (χ1n) is 9.59. The topological polar surface area (TPSA) is 68.9 Å². The molecule has 2 aromatic heterocycles. The van der Waals surface area contributed by atoms with Crippen molar-refractivity contribution in [1.82, 2.24) is 19.4 Å². The summed E-state index contributed by atoms with van der Waals surface area (Å²) in [5.74, 6) is -0.649. The molecule has 0 unspecified atom stereocenters. The number of hydrogen-bond acceptors (Lipinski definition) is 3. The predicted octanol–water partition coefficient (Wildman–Crippen LogP) is 3.26. The first-order valence-corrected chi connectivity index (χ1v) is 9.59. The summed E-state index contributed by atoms with van der Waals surface area (Å²) >= 11 is 0. The Kier molecular flexibility index (Phi) is 5.18. The van der Waals surface area contributed by atoms with Crippen LogP contribution in [0.15, 0.2) is 65.7 Å². The summed E-state index contributed by atoms with van der Waals surface area (Å²) in [4.78, 5) is 29.9. The van der Waals surface area contributed by atoms with Crippen LogP contribution in [0.2, 0.25) is 0 Å². The van der Waals surface area contributed by atoms with Crippen molar-refractivity contribution in [3.63, 3.8) is 0 Å². The van der Waals surface area contributed by atoms with Crippen LogP contribution in [0.3, 0.4) is 0 Å². The maximum Gasteiger partial charge on any atom is 0.263 e. The lowest BCUT2D eigenvalue weighted by Gasteiger charge is -2.09. The lowest BCUT2D eigenvalue weighted by molar-refractivity contribution is -0.121. The van der Waals surface area contributed by atoms with Crippen molar-refractivity contribution < 1.29 is 9.18 Å². The first-order chi connectivity index (χ1) is 14.5. The largest absolute Gasteiger partial charge is 0.350 e. The van der Waals surface area contributed by atoms with Crippen molar-refractivity contribution in [2.45, 2.75) is 26.9 Å². The maximum atomic E-state index is 13.1. The van der Waals surface area contributed by atoms with Crippen LogP contribution in [0.1, 0.15) is 16.8 Å². The number of aryl methyl sites for hydroxylation is 1.